The highest BCUT2D eigenvalue weighted by atomic mass is 32.1. The zero-order valence-electron chi connectivity index (χ0n) is 16.0. The Hall–Kier alpha value is -3.08. The lowest BCUT2D eigenvalue weighted by molar-refractivity contribution is 0.455. The largest absolute Gasteiger partial charge is 0.494 e. The third-order valence-corrected chi connectivity index (χ3v) is 5.45. The number of amidine groups is 1. The topological polar surface area (TPSA) is 114 Å². The molecule has 0 amide bonds. The van der Waals surface area contributed by atoms with Crippen molar-refractivity contribution >= 4 is 41.0 Å². The Morgan fingerprint density at radius 1 is 1.53 bits per heavy atom. The molecule has 6 N–H and O–H groups in total. The van der Waals surface area contributed by atoms with Crippen LogP contribution in [0.15, 0.2) is 55.0 Å². The molecule has 0 spiro atoms. The van der Waals surface area contributed by atoms with Gasteiger partial charge in [-0.1, -0.05) is 19.2 Å². The molecule has 0 aromatic carbocycles. The number of aromatic hydroxyl groups is 1. The van der Waals surface area contributed by atoms with E-state index in [0.717, 1.165) is 17.9 Å². The maximum absolute atomic E-state index is 13.5. The molecule has 2 aromatic rings. The summed E-state index contributed by atoms with van der Waals surface area (Å²) in [5.74, 6) is 5.92. The highest BCUT2D eigenvalue weighted by molar-refractivity contribution is 7.73. The minimum Gasteiger partial charge on any atom is -0.494 e. The molecule has 1 aliphatic rings. The highest BCUT2D eigenvalue weighted by Gasteiger charge is 2.25. The Morgan fingerprint density at radius 3 is 2.83 bits per heavy atom. The Labute approximate surface area is 182 Å². The first-order valence-electron chi connectivity index (χ1n) is 8.97. The number of rotatable bonds is 8. The van der Waals surface area contributed by atoms with Crippen LogP contribution in [0.5, 0.6) is 5.88 Å². The van der Waals surface area contributed by atoms with Crippen LogP contribution in [0.25, 0.3) is 11.6 Å². The Morgan fingerprint density at radius 2 is 2.27 bits per heavy atom. The van der Waals surface area contributed by atoms with Gasteiger partial charge in [0.25, 0.3) is 0 Å². The summed E-state index contributed by atoms with van der Waals surface area (Å²) in [7, 11) is 0. The van der Waals surface area contributed by atoms with Crippen LogP contribution < -0.4 is 11.2 Å². The summed E-state index contributed by atoms with van der Waals surface area (Å²) >= 11 is 6.19. The molecule has 0 saturated heterocycles. The number of nitrogens with two attached hydrogens (primary N) is 1. The number of aromatic amines is 1. The van der Waals surface area contributed by atoms with Crippen LogP contribution in [-0.2, 0) is 0 Å². The van der Waals surface area contributed by atoms with Crippen LogP contribution in [0, 0.1) is 15.3 Å². The van der Waals surface area contributed by atoms with Gasteiger partial charge in [-0.05, 0) is 54.4 Å². The smallest absolute Gasteiger partial charge is 0.213 e. The second-order valence-corrected chi connectivity index (χ2v) is 8.31. The van der Waals surface area contributed by atoms with E-state index in [1.165, 1.54) is 29.7 Å². The van der Waals surface area contributed by atoms with Gasteiger partial charge in [0, 0.05) is 23.9 Å². The van der Waals surface area contributed by atoms with Gasteiger partial charge in [0.1, 0.15) is 11.7 Å². The quantitative estimate of drug-likeness (QED) is 0.0798. The standard InChI is InChI=1S/C20H21FN6OS2/c1-3-12(9-15-19(28)26-20(29)30-15)18(22)27(23)17(25-14-4-5-14)8-11(2)13-6-7-24-16(21)10-13/h3,6-10,14,22,25,28H,1-2,4-5,23H2,(H,26,29)/b12-9?,17-8-,22-18?. The van der Waals surface area contributed by atoms with Gasteiger partial charge >= 0.3 is 0 Å². The third-order valence-electron chi connectivity index (χ3n) is 4.27. The summed E-state index contributed by atoms with van der Waals surface area (Å²) in [6.45, 7) is 7.71. The first-order chi connectivity index (χ1) is 14.3. The second kappa shape index (κ2) is 9.16. The molecule has 1 fully saturated rings. The van der Waals surface area contributed by atoms with E-state index >= 15 is 0 Å². The van der Waals surface area contributed by atoms with Crippen molar-refractivity contribution in [2.24, 2.45) is 5.84 Å². The van der Waals surface area contributed by atoms with E-state index in [2.05, 4.69) is 28.4 Å². The van der Waals surface area contributed by atoms with Crippen LogP contribution in [0.3, 0.4) is 0 Å². The molecule has 30 heavy (non-hydrogen) atoms. The summed E-state index contributed by atoms with van der Waals surface area (Å²) in [6, 6.07) is 3.16. The average Bonchev–Trinajstić information content (AvgIpc) is 3.47. The molecule has 0 aliphatic heterocycles. The molecule has 3 rings (SSSR count). The number of nitrogens with zero attached hydrogens (tertiary/aromatic N) is 2. The lowest BCUT2D eigenvalue weighted by atomic mass is 10.1. The fraction of sp³-hybridized carbons (Fsp3) is 0.150. The summed E-state index contributed by atoms with van der Waals surface area (Å²) in [5, 5.41) is 22.9. The molecule has 1 saturated carbocycles. The number of halogens is 1. The lowest BCUT2D eigenvalue weighted by Crippen LogP contribution is -2.42. The number of thiazole rings is 1. The monoisotopic (exact) mass is 444 g/mol. The van der Waals surface area contributed by atoms with Crippen LogP contribution in [0.2, 0.25) is 0 Å². The molecular formula is C20H21FN6OS2. The van der Waals surface area contributed by atoms with Gasteiger partial charge in [-0.3, -0.25) is 5.41 Å². The second-order valence-electron chi connectivity index (χ2n) is 6.59. The molecule has 0 radical (unpaired) electrons. The molecule has 0 bridgehead atoms. The van der Waals surface area contributed by atoms with Crippen molar-refractivity contribution in [3.05, 3.63) is 75.4 Å². The molecule has 10 heteroatoms. The van der Waals surface area contributed by atoms with Gasteiger partial charge in [0.05, 0.1) is 4.88 Å². The number of pyridine rings is 1. The SMILES string of the molecule is C=CC(=Cc1sc(=S)[nH]c1O)C(=N)N(N)/C(=C\C(=C)c1ccnc(F)c1)NC1CC1. The fourth-order valence-electron chi connectivity index (χ4n) is 2.52. The average molecular weight is 445 g/mol. The molecule has 2 aromatic heterocycles. The van der Waals surface area contributed by atoms with E-state index in [4.69, 9.17) is 23.5 Å². The Balaban J connectivity index is 1.90. The summed E-state index contributed by atoms with van der Waals surface area (Å²) < 4.78 is 13.9. The number of hydrogen-bond donors (Lipinski definition) is 5. The number of allylic oxidation sites excluding steroid dienone is 2. The lowest BCUT2D eigenvalue weighted by Gasteiger charge is -2.24. The predicted octanol–water partition coefficient (Wildman–Crippen LogP) is 4.07. The molecule has 2 heterocycles. The van der Waals surface area contributed by atoms with Gasteiger partial charge in [-0.2, -0.15) is 4.39 Å². The summed E-state index contributed by atoms with van der Waals surface area (Å²) in [4.78, 5) is 6.64. The van der Waals surface area contributed by atoms with Crippen LogP contribution >= 0.6 is 23.6 Å². The zero-order valence-corrected chi connectivity index (χ0v) is 17.6. The van der Waals surface area contributed by atoms with E-state index < -0.39 is 5.95 Å². The fourth-order valence-corrected chi connectivity index (χ4v) is 3.57. The van der Waals surface area contributed by atoms with E-state index in [-0.39, 0.29) is 17.8 Å². The molecule has 7 nitrogen and oxygen atoms in total. The third kappa shape index (κ3) is 5.29. The zero-order chi connectivity index (χ0) is 21.8. The van der Waals surface area contributed by atoms with E-state index in [1.807, 2.05) is 0 Å². The summed E-state index contributed by atoms with van der Waals surface area (Å²) in [6.07, 6.45) is 8.02. The van der Waals surface area contributed by atoms with Crippen molar-refractivity contribution in [2.45, 2.75) is 18.9 Å². The van der Waals surface area contributed by atoms with Gasteiger partial charge in [0.15, 0.2) is 3.95 Å². The normalized spacial score (nSPS) is 14.3. The number of aromatic nitrogens is 2. The van der Waals surface area contributed by atoms with E-state index in [0.29, 0.717) is 31.4 Å². The van der Waals surface area contributed by atoms with Gasteiger partial charge in [-0.15, -0.1) is 11.3 Å². The van der Waals surface area contributed by atoms with Gasteiger partial charge < -0.3 is 15.4 Å². The minimum absolute atomic E-state index is 0.0585. The highest BCUT2D eigenvalue weighted by Crippen LogP contribution is 2.26. The summed E-state index contributed by atoms with van der Waals surface area (Å²) in [5.41, 5.74) is 1.43. The first-order valence-corrected chi connectivity index (χ1v) is 10.2. The molecule has 156 valence electrons. The van der Waals surface area contributed by atoms with E-state index in [1.54, 1.807) is 18.2 Å². The van der Waals surface area contributed by atoms with Crippen molar-refractivity contribution in [3.8, 4) is 5.88 Å². The number of hydrogen-bond acceptors (Lipinski definition) is 7. The van der Waals surface area contributed by atoms with Crippen molar-refractivity contribution in [1.82, 2.24) is 20.3 Å². The first kappa shape index (κ1) is 21.6. The Kier molecular flexibility index (Phi) is 6.60. The number of nitrogens with one attached hydrogen (secondary N) is 3. The number of hydrazine groups is 1. The molecule has 0 unspecified atom stereocenters. The maximum Gasteiger partial charge on any atom is 0.213 e. The Bertz CT molecular complexity index is 1110. The maximum atomic E-state index is 13.5. The molecular weight excluding hydrogens is 423 g/mol. The van der Waals surface area contributed by atoms with Crippen molar-refractivity contribution in [1.29, 1.82) is 5.41 Å². The van der Waals surface area contributed by atoms with Crippen molar-refractivity contribution < 1.29 is 9.50 Å². The van der Waals surface area contributed by atoms with Crippen LogP contribution in [0.1, 0.15) is 23.3 Å². The molecule has 0 atom stereocenters. The van der Waals surface area contributed by atoms with Crippen LogP contribution in [0.4, 0.5) is 4.39 Å². The van der Waals surface area contributed by atoms with Crippen LogP contribution in [-0.4, -0.2) is 32.0 Å². The van der Waals surface area contributed by atoms with E-state index in [9.17, 15) is 9.50 Å². The van der Waals surface area contributed by atoms with Gasteiger partial charge in [-0.25, -0.2) is 15.8 Å². The van der Waals surface area contributed by atoms with Crippen molar-refractivity contribution in [2.75, 3.05) is 0 Å². The number of H-pyrrole nitrogens is 1. The minimum atomic E-state index is -0.610. The van der Waals surface area contributed by atoms with Crippen molar-refractivity contribution in [3.63, 3.8) is 0 Å². The van der Waals surface area contributed by atoms with Gasteiger partial charge in [0.2, 0.25) is 11.8 Å². The molecule has 1 aliphatic carbocycles. The predicted molar refractivity (Wildman–Crippen MR) is 121 cm³/mol.